The lowest BCUT2D eigenvalue weighted by Gasteiger charge is -2.23. The summed E-state index contributed by atoms with van der Waals surface area (Å²) in [6.45, 7) is 7.05. The molecule has 1 rings (SSSR count). The molecule has 0 aliphatic carbocycles. The Morgan fingerprint density at radius 2 is 2.20 bits per heavy atom. The average molecular weight is 207 g/mol. The van der Waals surface area contributed by atoms with Crippen molar-refractivity contribution in [2.24, 2.45) is 5.73 Å². The predicted octanol–water partition coefficient (Wildman–Crippen LogP) is 2.17. The highest BCUT2D eigenvalue weighted by atomic mass is 15.1. The minimum Gasteiger partial charge on any atom is -0.372 e. The maximum absolute atomic E-state index is 5.58. The molecule has 0 radical (unpaired) electrons. The molecule has 15 heavy (non-hydrogen) atoms. The summed E-state index contributed by atoms with van der Waals surface area (Å²) in [5, 5.41) is 0. The lowest BCUT2D eigenvalue weighted by Crippen LogP contribution is -2.24. The van der Waals surface area contributed by atoms with E-state index in [4.69, 9.17) is 5.73 Å². The normalized spacial score (nSPS) is 10.3. The summed E-state index contributed by atoms with van der Waals surface area (Å²) < 4.78 is 0. The van der Waals surface area contributed by atoms with Gasteiger partial charge >= 0.3 is 0 Å². The van der Waals surface area contributed by atoms with E-state index in [0.29, 0.717) is 6.54 Å². The molecule has 0 amide bonds. The van der Waals surface area contributed by atoms with Crippen LogP contribution in [0.1, 0.15) is 32.4 Å². The third-order valence-corrected chi connectivity index (χ3v) is 2.54. The fourth-order valence-electron chi connectivity index (χ4n) is 1.59. The maximum atomic E-state index is 5.58. The SMILES string of the molecule is CCCCN(CC)c1ccnc(CN)c1. The van der Waals surface area contributed by atoms with Gasteiger partial charge in [-0.2, -0.15) is 0 Å². The number of anilines is 1. The van der Waals surface area contributed by atoms with Crippen molar-refractivity contribution < 1.29 is 0 Å². The average Bonchev–Trinajstić information content (AvgIpc) is 2.30. The van der Waals surface area contributed by atoms with Crippen LogP contribution in [-0.2, 0) is 6.54 Å². The Morgan fingerprint density at radius 3 is 2.80 bits per heavy atom. The van der Waals surface area contributed by atoms with Gasteiger partial charge in [-0.25, -0.2) is 0 Å². The lowest BCUT2D eigenvalue weighted by atomic mass is 10.2. The monoisotopic (exact) mass is 207 g/mol. The summed E-state index contributed by atoms with van der Waals surface area (Å²) in [5.41, 5.74) is 7.78. The van der Waals surface area contributed by atoms with Gasteiger partial charge in [0.05, 0.1) is 5.69 Å². The van der Waals surface area contributed by atoms with Crippen LogP contribution in [0.3, 0.4) is 0 Å². The van der Waals surface area contributed by atoms with E-state index in [1.54, 1.807) is 0 Å². The first kappa shape index (κ1) is 12.0. The van der Waals surface area contributed by atoms with Gasteiger partial charge in [-0.1, -0.05) is 13.3 Å². The summed E-state index contributed by atoms with van der Waals surface area (Å²) in [6, 6.07) is 4.14. The van der Waals surface area contributed by atoms with Crippen molar-refractivity contribution in [1.82, 2.24) is 4.98 Å². The van der Waals surface area contributed by atoms with Crippen LogP contribution < -0.4 is 10.6 Å². The minimum atomic E-state index is 0.513. The summed E-state index contributed by atoms with van der Waals surface area (Å²) in [4.78, 5) is 6.57. The number of nitrogens with zero attached hydrogens (tertiary/aromatic N) is 2. The smallest absolute Gasteiger partial charge is 0.0560 e. The number of nitrogens with two attached hydrogens (primary N) is 1. The number of unbranched alkanes of at least 4 members (excludes halogenated alkanes) is 1. The number of rotatable bonds is 6. The maximum Gasteiger partial charge on any atom is 0.0560 e. The largest absolute Gasteiger partial charge is 0.372 e. The van der Waals surface area contributed by atoms with Crippen LogP contribution in [0.25, 0.3) is 0 Å². The van der Waals surface area contributed by atoms with Crippen LogP contribution >= 0.6 is 0 Å². The molecule has 2 N–H and O–H groups in total. The molecule has 0 aliphatic rings. The zero-order valence-electron chi connectivity index (χ0n) is 9.74. The Balaban J connectivity index is 2.72. The van der Waals surface area contributed by atoms with E-state index in [1.807, 2.05) is 6.20 Å². The number of aromatic nitrogens is 1. The molecule has 1 aromatic rings. The zero-order chi connectivity index (χ0) is 11.1. The van der Waals surface area contributed by atoms with Gasteiger partial charge in [-0.3, -0.25) is 4.98 Å². The summed E-state index contributed by atoms with van der Waals surface area (Å²) in [5.74, 6) is 0. The van der Waals surface area contributed by atoms with Gasteiger partial charge in [0.2, 0.25) is 0 Å². The molecule has 1 heterocycles. The Labute approximate surface area is 92.3 Å². The molecule has 0 fully saturated rings. The Kier molecular flexibility index (Phi) is 5.12. The van der Waals surface area contributed by atoms with E-state index < -0.39 is 0 Å². The molecule has 3 heteroatoms. The van der Waals surface area contributed by atoms with Gasteiger partial charge in [0.15, 0.2) is 0 Å². The van der Waals surface area contributed by atoms with Crippen LogP contribution in [-0.4, -0.2) is 18.1 Å². The fourth-order valence-corrected chi connectivity index (χ4v) is 1.59. The van der Waals surface area contributed by atoms with Gasteiger partial charge < -0.3 is 10.6 Å². The van der Waals surface area contributed by atoms with Crippen LogP contribution in [0.15, 0.2) is 18.3 Å². The van der Waals surface area contributed by atoms with Crippen LogP contribution in [0.5, 0.6) is 0 Å². The van der Waals surface area contributed by atoms with E-state index in [9.17, 15) is 0 Å². The molecule has 0 saturated carbocycles. The van der Waals surface area contributed by atoms with Crippen molar-refractivity contribution in [3.63, 3.8) is 0 Å². The van der Waals surface area contributed by atoms with Crippen molar-refractivity contribution in [2.45, 2.75) is 33.2 Å². The third kappa shape index (κ3) is 3.51. The Morgan fingerprint density at radius 1 is 1.40 bits per heavy atom. The zero-order valence-corrected chi connectivity index (χ0v) is 9.74. The van der Waals surface area contributed by atoms with Crippen LogP contribution in [0, 0.1) is 0 Å². The first-order valence-corrected chi connectivity index (χ1v) is 5.71. The summed E-state index contributed by atoms with van der Waals surface area (Å²) >= 11 is 0. The second kappa shape index (κ2) is 6.40. The molecular formula is C12H21N3. The molecule has 0 saturated heterocycles. The van der Waals surface area contributed by atoms with Crippen molar-refractivity contribution in [3.05, 3.63) is 24.0 Å². The van der Waals surface area contributed by atoms with E-state index in [1.165, 1.54) is 18.5 Å². The van der Waals surface area contributed by atoms with Crippen molar-refractivity contribution in [2.75, 3.05) is 18.0 Å². The highest BCUT2D eigenvalue weighted by molar-refractivity contribution is 5.46. The molecule has 0 bridgehead atoms. The van der Waals surface area contributed by atoms with Gasteiger partial charge in [-0.05, 0) is 25.5 Å². The Hall–Kier alpha value is -1.09. The molecule has 0 aliphatic heterocycles. The van der Waals surface area contributed by atoms with Crippen molar-refractivity contribution in [3.8, 4) is 0 Å². The van der Waals surface area contributed by atoms with Gasteiger partial charge in [0.25, 0.3) is 0 Å². The molecule has 1 aromatic heterocycles. The number of hydrogen-bond donors (Lipinski definition) is 1. The highest BCUT2D eigenvalue weighted by Crippen LogP contribution is 2.14. The predicted molar refractivity (Wildman–Crippen MR) is 64.9 cm³/mol. The standard InChI is InChI=1S/C12H21N3/c1-3-5-8-15(4-2)12-6-7-14-11(9-12)10-13/h6-7,9H,3-5,8,10,13H2,1-2H3. The topological polar surface area (TPSA) is 42.2 Å². The molecule has 0 unspecified atom stereocenters. The van der Waals surface area contributed by atoms with Crippen LogP contribution in [0.2, 0.25) is 0 Å². The quantitative estimate of drug-likeness (QED) is 0.777. The number of hydrogen-bond acceptors (Lipinski definition) is 3. The fraction of sp³-hybridized carbons (Fsp3) is 0.583. The van der Waals surface area contributed by atoms with E-state index in [2.05, 4.69) is 35.9 Å². The third-order valence-electron chi connectivity index (χ3n) is 2.54. The van der Waals surface area contributed by atoms with E-state index >= 15 is 0 Å². The first-order valence-electron chi connectivity index (χ1n) is 5.71. The summed E-state index contributed by atoms with van der Waals surface area (Å²) in [6.07, 6.45) is 4.30. The highest BCUT2D eigenvalue weighted by Gasteiger charge is 2.04. The van der Waals surface area contributed by atoms with E-state index in [0.717, 1.165) is 18.8 Å². The first-order chi connectivity index (χ1) is 7.31. The molecular weight excluding hydrogens is 186 g/mol. The van der Waals surface area contributed by atoms with Gasteiger partial charge in [0, 0.05) is 31.5 Å². The van der Waals surface area contributed by atoms with Gasteiger partial charge in [0.1, 0.15) is 0 Å². The molecule has 3 nitrogen and oxygen atoms in total. The van der Waals surface area contributed by atoms with E-state index in [-0.39, 0.29) is 0 Å². The van der Waals surface area contributed by atoms with Crippen molar-refractivity contribution in [1.29, 1.82) is 0 Å². The van der Waals surface area contributed by atoms with Crippen molar-refractivity contribution >= 4 is 5.69 Å². The molecule has 0 aromatic carbocycles. The second-order valence-corrected chi connectivity index (χ2v) is 3.64. The minimum absolute atomic E-state index is 0.513. The lowest BCUT2D eigenvalue weighted by molar-refractivity contribution is 0.731. The summed E-state index contributed by atoms with van der Waals surface area (Å²) in [7, 11) is 0. The van der Waals surface area contributed by atoms with Gasteiger partial charge in [-0.15, -0.1) is 0 Å². The van der Waals surface area contributed by atoms with Crippen LogP contribution in [0.4, 0.5) is 5.69 Å². The Bertz CT molecular complexity index is 286. The second-order valence-electron chi connectivity index (χ2n) is 3.64. The molecule has 0 atom stereocenters. The number of pyridine rings is 1. The molecule has 84 valence electrons. The molecule has 0 spiro atoms.